The van der Waals surface area contributed by atoms with E-state index in [1.165, 1.54) is 12.3 Å². The largest absolute Gasteiger partial charge is 0.405 e. The fraction of sp³-hybridized carbons (Fsp3) is 0.500. The number of hydrogen-bond donors (Lipinski definition) is 1. The second kappa shape index (κ2) is 5.16. The minimum atomic E-state index is -4.30. The molecule has 0 aliphatic carbocycles. The van der Waals surface area contributed by atoms with Gasteiger partial charge in [0.1, 0.15) is 12.4 Å². The number of nitrogens with zero attached hydrogens (tertiary/aromatic N) is 2. The van der Waals surface area contributed by atoms with Crippen LogP contribution in [0.2, 0.25) is 0 Å². The summed E-state index contributed by atoms with van der Waals surface area (Å²) in [4.78, 5) is 4.90. The van der Waals surface area contributed by atoms with Crippen molar-refractivity contribution in [2.24, 2.45) is 0 Å². The number of aromatic nitrogens is 1. The second-order valence-corrected chi connectivity index (χ2v) is 3.45. The van der Waals surface area contributed by atoms with Gasteiger partial charge in [-0.25, -0.2) is 4.98 Å². The standard InChI is InChI=1S/C10H13F3N2O/c1-8-2-3-9(14-6-8)15(4-5-16)7-10(11,12)13/h2-3,6,16H,4-5,7H2,1H3. The van der Waals surface area contributed by atoms with Gasteiger partial charge < -0.3 is 10.0 Å². The minimum absolute atomic E-state index is 0.0877. The molecule has 1 aromatic heterocycles. The lowest BCUT2D eigenvalue weighted by Gasteiger charge is -2.23. The third-order valence-corrected chi connectivity index (χ3v) is 1.96. The molecule has 0 saturated carbocycles. The van der Waals surface area contributed by atoms with Gasteiger partial charge >= 0.3 is 6.18 Å². The van der Waals surface area contributed by atoms with Gasteiger partial charge in [0.05, 0.1) is 6.61 Å². The number of aryl methyl sites for hydroxylation is 1. The first-order valence-electron chi connectivity index (χ1n) is 4.77. The quantitative estimate of drug-likeness (QED) is 0.862. The molecule has 1 aromatic rings. The maximum Gasteiger partial charge on any atom is 0.405 e. The van der Waals surface area contributed by atoms with E-state index in [0.717, 1.165) is 10.5 Å². The van der Waals surface area contributed by atoms with E-state index in [1.807, 2.05) is 0 Å². The Kier molecular flexibility index (Phi) is 4.12. The number of halogens is 3. The van der Waals surface area contributed by atoms with Crippen molar-refractivity contribution < 1.29 is 18.3 Å². The smallest absolute Gasteiger partial charge is 0.395 e. The van der Waals surface area contributed by atoms with Crippen LogP contribution >= 0.6 is 0 Å². The predicted molar refractivity (Wildman–Crippen MR) is 54.3 cm³/mol. The zero-order chi connectivity index (χ0) is 12.2. The van der Waals surface area contributed by atoms with E-state index in [9.17, 15) is 13.2 Å². The molecule has 1 rings (SSSR count). The summed E-state index contributed by atoms with van der Waals surface area (Å²) < 4.78 is 36.7. The number of aliphatic hydroxyl groups is 1. The highest BCUT2D eigenvalue weighted by Gasteiger charge is 2.31. The van der Waals surface area contributed by atoms with Crippen LogP contribution in [0.3, 0.4) is 0 Å². The Balaban J connectivity index is 2.80. The van der Waals surface area contributed by atoms with Gasteiger partial charge in [-0.05, 0) is 18.6 Å². The average molecular weight is 234 g/mol. The number of alkyl halides is 3. The Morgan fingerprint density at radius 2 is 2.06 bits per heavy atom. The molecule has 16 heavy (non-hydrogen) atoms. The molecule has 1 heterocycles. The molecule has 6 heteroatoms. The van der Waals surface area contributed by atoms with E-state index in [2.05, 4.69) is 4.98 Å². The van der Waals surface area contributed by atoms with Crippen LogP contribution in [0.5, 0.6) is 0 Å². The van der Waals surface area contributed by atoms with Crippen LogP contribution < -0.4 is 4.90 Å². The highest BCUT2D eigenvalue weighted by atomic mass is 19.4. The fourth-order valence-corrected chi connectivity index (χ4v) is 1.26. The molecular weight excluding hydrogens is 221 g/mol. The van der Waals surface area contributed by atoms with Crippen LogP contribution in [-0.4, -0.2) is 36.0 Å². The van der Waals surface area contributed by atoms with E-state index in [4.69, 9.17) is 5.11 Å². The predicted octanol–water partition coefficient (Wildman–Crippen LogP) is 1.75. The van der Waals surface area contributed by atoms with Crippen LogP contribution in [0.1, 0.15) is 5.56 Å². The molecule has 0 aliphatic heterocycles. The van der Waals surface area contributed by atoms with Gasteiger partial charge in [-0.15, -0.1) is 0 Å². The number of hydrogen-bond acceptors (Lipinski definition) is 3. The topological polar surface area (TPSA) is 36.4 Å². The molecular formula is C10H13F3N2O. The molecule has 1 N–H and O–H groups in total. The summed E-state index contributed by atoms with van der Waals surface area (Å²) in [6, 6.07) is 3.19. The average Bonchev–Trinajstić information content (AvgIpc) is 2.16. The summed E-state index contributed by atoms with van der Waals surface area (Å²) in [5.74, 6) is 0.219. The molecule has 0 unspecified atom stereocenters. The van der Waals surface area contributed by atoms with Crippen molar-refractivity contribution in [2.45, 2.75) is 13.1 Å². The van der Waals surface area contributed by atoms with Gasteiger partial charge in [0.2, 0.25) is 0 Å². The van der Waals surface area contributed by atoms with Gasteiger partial charge in [-0.3, -0.25) is 0 Å². The number of aliphatic hydroxyl groups excluding tert-OH is 1. The Morgan fingerprint density at radius 1 is 1.38 bits per heavy atom. The first kappa shape index (κ1) is 12.8. The normalized spacial score (nSPS) is 11.6. The van der Waals surface area contributed by atoms with Gasteiger partial charge in [-0.1, -0.05) is 6.07 Å². The van der Waals surface area contributed by atoms with Crippen molar-refractivity contribution in [3.8, 4) is 0 Å². The van der Waals surface area contributed by atoms with Crippen molar-refractivity contribution in [1.29, 1.82) is 0 Å². The van der Waals surface area contributed by atoms with Gasteiger partial charge in [-0.2, -0.15) is 13.2 Å². The highest BCUT2D eigenvalue weighted by molar-refractivity contribution is 5.39. The molecule has 0 radical (unpaired) electrons. The van der Waals surface area contributed by atoms with Crippen molar-refractivity contribution in [1.82, 2.24) is 4.98 Å². The maximum absolute atomic E-state index is 12.2. The van der Waals surface area contributed by atoms with Crippen molar-refractivity contribution in [2.75, 3.05) is 24.6 Å². The van der Waals surface area contributed by atoms with Crippen LogP contribution in [0.4, 0.5) is 19.0 Å². The molecule has 0 spiro atoms. The Hall–Kier alpha value is -1.30. The van der Waals surface area contributed by atoms with Crippen LogP contribution in [0.25, 0.3) is 0 Å². The molecule has 0 aliphatic rings. The SMILES string of the molecule is Cc1ccc(N(CCO)CC(F)(F)F)nc1. The molecule has 0 aromatic carbocycles. The third-order valence-electron chi connectivity index (χ3n) is 1.96. The molecule has 0 fully saturated rings. The molecule has 0 amide bonds. The van der Waals surface area contributed by atoms with E-state index in [1.54, 1.807) is 13.0 Å². The summed E-state index contributed by atoms with van der Waals surface area (Å²) in [5.41, 5.74) is 0.875. The van der Waals surface area contributed by atoms with E-state index in [-0.39, 0.29) is 19.0 Å². The molecule has 3 nitrogen and oxygen atoms in total. The van der Waals surface area contributed by atoms with Gasteiger partial charge in [0.25, 0.3) is 0 Å². The number of anilines is 1. The fourth-order valence-electron chi connectivity index (χ4n) is 1.26. The monoisotopic (exact) mass is 234 g/mol. The third kappa shape index (κ3) is 4.06. The lowest BCUT2D eigenvalue weighted by molar-refractivity contribution is -0.119. The number of rotatable bonds is 4. The maximum atomic E-state index is 12.2. The van der Waals surface area contributed by atoms with E-state index >= 15 is 0 Å². The highest BCUT2D eigenvalue weighted by Crippen LogP contribution is 2.20. The minimum Gasteiger partial charge on any atom is -0.395 e. The Bertz CT molecular complexity index is 324. The second-order valence-electron chi connectivity index (χ2n) is 3.45. The molecule has 0 atom stereocenters. The zero-order valence-electron chi connectivity index (χ0n) is 8.83. The van der Waals surface area contributed by atoms with Crippen molar-refractivity contribution in [3.05, 3.63) is 23.9 Å². The molecule has 90 valence electrons. The summed E-state index contributed by atoms with van der Waals surface area (Å²) in [5, 5.41) is 8.71. The van der Waals surface area contributed by atoms with Gasteiger partial charge in [0.15, 0.2) is 0 Å². The first-order valence-corrected chi connectivity index (χ1v) is 4.77. The van der Waals surface area contributed by atoms with Crippen molar-refractivity contribution in [3.63, 3.8) is 0 Å². The Morgan fingerprint density at radius 3 is 2.50 bits per heavy atom. The number of pyridine rings is 1. The molecule has 0 saturated heterocycles. The lowest BCUT2D eigenvalue weighted by Crippen LogP contribution is -2.36. The summed E-state index contributed by atoms with van der Waals surface area (Å²) in [6.45, 7) is 0.266. The van der Waals surface area contributed by atoms with E-state index in [0.29, 0.717) is 0 Å². The first-order chi connectivity index (χ1) is 7.42. The van der Waals surface area contributed by atoms with Crippen LogP contribution in [0.15, 0.2) is 18.3 Å². The zero-order valence-corrected chi connectivity index (χ0v) is 8.83. The molecule has 0 bridgehead atoms. The summed E-state index contributed by atoms with van der Waals surface area (Å²) >= 11 is 0. The van der Waals surface area contributed by atoms with Crippen LogP contribution in [-0.2, 0) is 0 Å². The lowest BCUT2D eigenvalue weighted by atomic mass is 10.3. The Labute approximate surface area is 91.5 Å². The summed E-state index contributed by atoms with van der Waals surface area (Å²) in [7, 11) is 0. The van der Waals surface area contributed by atoms with Gasteiger partial charge in [0, 0.05) is 12.7 Å². The van der Waals surface area contributed by atoms with Crippen molar-refractivity contribution >= 4 is 5.82 Å². The summed E-state index contributed by atoms with van der Waals surface area (Å²) in [6.07, 6.45) is -2.81. The van der Waals surface area contributed by atoms with Crippen LogP contribution in [0, 0.1) is 6.92 Å². The van der Waals surface area contributed by atoms with E-state index < -0.39 is 12.7 Å².